The molecule has 1 aliphatic carbocycles. The highest BCUT2D eigenvalue weighted by atomic mass is 16.5. The Morgan fingerprint density at radius 3 is 2.93 bits per heavy atom. The third kappa shape index (κ3) is 2.42. The maximum atomic E-state index is 11.0. The maximum Gasteiger partial charge on any atom is 0.133 e. The van der Waals surface area contributed by atoms with Gasteiger partial charge in [-0.2, -0.15) is 0 Å². The van der Waals surface area contributed by atoms with Gasteiger partial charge in [-0.15, -0.1) is 0 Å². The Bertz CT molecular complexity index is 285. The number of nitrogens with zero attached hydrogens (tertiary/aromatic N) is 1. The maximum absolute atomic E-state index is 11.0. The molecule has 4 heteroatoms. The summed E-state index contributed by atoms with van der Waals surface area (Å²) in [4.78, 5) is 18.0. The summed E-state index contributed by atoms with van der Waals surface area (Å²) in [5.41, 5.74) is 0. The van der Waals surface area contributed by atoms with Crippen LogP contribution in [-0.2, 0) is 16.1 Å². The normalized spacial score (nSPS) is 18.7. The quantitative estimate of drug-likeness (QED) is 0.792. The average molecular weight is 194 g/mol. The highest BCUT2D eigenvalue weighted by Crippen LogP contribution is 2.18. The molecular formula is C10H14N2O2. The zero-order valence-electron chi connectivity index (χ0n) is 8.03. The molecule has 0 aromatic carbocycles. The van der Waals surface area contributed by atoms with E-state index in [1.807, 2.05) is 0 Å². The van der Waals surface area contributed by atoms with E-state index in [2.05, 4.69) is 9.97 Å². The van der Waals surface area contributed by atoms with E-state index in [0.29, 0.717) is 25.2 Å². The number of rotatable bonds is 3. The van der Waals surface area contributed by atoms with Gasteiger partial charge >= 0.3 is 0 Å². The van der Waals surface area contributed by atoms with Crippen LogP contribution in [0, 0.1) is 0 Å². The fourth-order valence-electron chi connectivity index (χ4n) is 1.65. The first-order valence-corrected chi connectivity index (χ1v) is 4.96. The minimum absolute atomic E-state index is 0.234. The van der Waals surface area contributed by atoms with Gasteiger partial charge in [0.25, 0.3) is 0 Å². The average Bonchev–Trinajstić information content (AvgIpc) is 2.70. The van der Waals surface area contributed by atoms with Gasteiger partial charge in [-0.3, -0.25) is 4.79 Å². The summed E-state index contributed by atoms with van der Waals surface area (Å²) < 4.78 is 5.63. The molecule has 0 spiro atoms. The predicted molar refractivity (Wildman–Crippen MR) is 50.6 cm³/mol. The lowest BCUT2D eigenvalue weighted by molar-refractivity contribution is -0.123. The second-order valence-electron chi connectivity index (χ2n) is 3.58. The van der Waals surface area contributed by atoms with E-state index in [1.54, 1.807) is 12.4 Å². The number of imidazole rings is 1. The van der Waals surface area contributed by atoms with Crippen LogP contribution in [-0.4, -0.2) is 21.9 Å². The van der Waals surface area contributed by atoms with Crippen LogP contribution in [0.15, 0.2) is 12.4 Å². The van der Waals surface area contributed by atoms with E-state index < -0.39 is 0 Å². The molecule has 0 radical (unpaired) electrons. The molecule has 14 heavy (non-hydrogen) atoms. The molecule has 0 bridgehead atoms. The van der Waals surface area contributed by atoms with Gasteiger partial charge in [0.15, 0.2) is 0 Å². The van der Waals surface area contributed by atoms with Crippen LogP contribution in [0.3, 0.4) is 0 Å². The molecule has 0 amide bonds. The van der Waals surface area contributed by atoms with Crippen molar-refractivity contribution in [2.75, 3.05) is 0 Å². The number of hydrogen-bond acceptors (Lipinski definition) is 3. The molecular weight excluding hydrogens is 180 g/mol. The summed E-state index contributed by atoms with van der Waals surface area (Å²) in [6, 6.07) is 0. The van der Waals surface area contributed by atoms with E-state index >= 15 is 0 Å². The summed E-state index contributed by atoms with van der Waals surface area (Å²) in [6.07, 6.45) is 6.79. The van der Waals surface area contributed by atoms with Crippen molar-refractivity contribution in [1.29, 1.82) is 0 Å². The van der Waals surface area contributed by atoms with Gasteiger partial charge in [0.05, 0.1) is 6.10 Å². The monoisotopic (exact) mass is 194 g/mol. The Morgan fingerprint density at radius 1 is 1.50 bits per heavy atom. The SMILES string of the molecule is O=C1CCC(OCc2ncc[nH]2)CC1. The zero-order valence-corrected chi connectivity index (χ0v) is 8.03. The zero-order chi connectivity index (χ0) is 9.80. The smallest absolute Gasteiger partial charge is 0.133 e. The Hall–Kier alpha value is -1.16. The Morgan fingerprint density at radius 2 is 2.29 bits per heavy atom. The summed E-state index contributed by atoms with van der Waals surface area (Å²) in [7, 11) is 0. The van der Waals surface area contributed by atoms with Gasteiger partial charge in [-0.05, 0) is 12.8 Å². The van der Waals surface area contributed by atoms with Gasteiger partial charge in [0, 0.05) is 25.2 Å². The van der Waals surface area contributed by atoms with E-state index in [9.17, 15) is 4.79 Å². The first-order chi connectivity index (χ1) is 6.84. The molecule has 1 heterocycles. The standard InChI is InChI=1S/C10H14N2O2/c13-8-1-3-9(4-2-8)14-7-10-11-5-6-12-10/h5-6,9H,1-4,7H2,(H,11,12). The molecule has 1 aromatic rings. The molecule has 0 atom stereocenters. The lowest BCUT2D eigenvalue weighted by Gasteiger charge is -2.20. The van der Waals surface area contributed by atoms with Crippen molar-refractivity contribution >= 4 is 5.78 Å². The molecule has 0 unspecified atom stereocenters. The van der Waals surface area contributed by atoms with E-state index in [-0.39, 0.29) is 6.10 Å². The van der Waals surface area contributed by atoms with Crippen molar-refractivity contribution in [1.82, 2.24) is 9.97 Å². The van der Waals surface area contributed by atoms with E-state index in [1.165, 1.54) is 0 Å². The van der Waals surface area contributed by atoms with Crippen LogP contribution >= 0.6 is 0 Å². The highest BCUT2D eigenvalue weighted by molar-refractivity contribution is 5.79. The lowest BCUT2D eigenvalue weighted by atomic mass is 9.96. The van der Waals surface area contributed by atoms with Crippen LogP contribution in [0.1, 0.15) is 31.5 Å². The number of Topliss-reactive ketones (excluding diaryl/α,β-unsaturated/α-hetero) is 1. The molecule has 4 nitrogen and oxygen atoms in total. The second kappa shape index (κ2) is 4.37. The van der Waals surface area contributed by atoms with Crippen LogP contribution < -0.4 is 0 Å². The van der Waals surface area contributed by atoms with Crippen LogP contribution in [0.4, 0.5) is 0 Å². The van der Waals surface area contributed by atoms with Crippen molar-refractivity contribution in [3.8, 4) is 0 Å². The fraction of sp³-hybridized carbons (Fsp3) is 0.600. The Balaban J connectivity index is 1.73. The van der Waals surface area contributed by atoms with Crippen molar-refractivity contribution in [3.05, 3.63) is 18.2 Å². The van der Waals surface area contributed by atoms with Crippen molar-refractivity contribution in [2.45, 2.75) is 38.4 Å². The second-order valence-corrected chi connectivity index (χ2v) is 3.58. The highest BCUT2D eigenvalue weighted by Gasteiger charge is 2.19. The number of aromatic amines is 1. The Kier molecular flexibility index (Phi) is 2.93. The number of ether oxygens (including phenoxy) is 1. The van der Waals surface area contributed by atoms with Crippen LogP contribution in [0.5, 0.6) is 0 Å². The van der Waals surface area contributed by atoms with Gasteiger partial charge in [-0.25, -0.2) is 4.98 Å². The van der Waals surface area contributed by atoms with Crippen molar-refractivity contribution in [3.63, 3.8) is 0 Å². The third-order valence-corrected chi connectivity index (χ3v) is 2.50. The van der Waals surface area contributed by atoms with Gasteiger partial charge < -0.3 is 9.72 Å². The minimum Gasteiger partial charge on any atom is -0.370 e. The summed E-state index contributed by atoms with van der Waals surface area (Å²) in [5.74, 6) is 1.21. The number of aromatic nitrogens is 2. The van der Waals surface area contributed by atoms with Gasteiger partial charge in [0.2, 0.25) is 0 Å². The number of hydrogen-bond donors (Lipinski definition) is 1. The molecule has 1 saturated carbocycles. The number of carbonyl (C=O) groups excluding carboxylic acids is 1. The molecule has 1 aliphatic rings. The predicted octanol–water partition coefficient (Wildman–Crippen LogP) is 1.44. The van der Waals surface area contributed by atoms with Crippen molar-refractivity contribution in [2.24, 2.45) is 0 Å². The molecule has 0 saturated heterocycles. The first kappa shape index (κ1) is 9.40. The molecule has 1 N–H and O–H groups in total. The molecule has 76 valence electrons. The van der Waals surface area contributed by atoms with E-state index in [4.69, 9.17) is 4.74 Å². The van der Waals surface area contributed by atoms with Crippen molar-refractivity contribution < 1.29 is 9.53 Å². The topological polar surface area (TPSA) is 55.0 Å². The number of ketones is 1. The lowest BCUT2D eigenvalue weighted by Crippen LogP contribution is -2.21. The van der Waals surface area contributed by atoms with Crippen LogP contribution in [0.2, 0.25) is 0 Å². The van der Waals surface area contributed by atoms with Gasteiger partial charge in [-0.1, -0.05) is 0 Å². The molecule has 1 aromatic heterocycles. The summed E-state index contributed by atoms with van der Waals surface area (Å²) >= 11 is 0. The molecule has 2 rings (SSSR count). The molecule has 0 aliphatic heterocycles. The molecule has 1 fully saturated rings. The number of nitrogens with one attached hydrogen (secondary N) is 1. The van der Waals surface area contributed by atoms with Crippen LogP contribution in [0.25, 0.3) is 0 Å². The van der Waals surface area contributed by atoms with Gasteiger partial charge in [0.1, 0.15) is 18.2 Å². The Labute approximate surface area is 82.7 Å². The largest absolute Gasteiger partial charge is 0.370 e. The number of carbonyl (C=O) groups is 1. The number of H-pyrrole nitrogens is 1. The fourth-order valence-corrected chi connectivity index (χ4v) is 1.65. The minimum atomic E-state index is 0.234. The summed E-state index contributed by atoms with van der Waals surface area (Å²) in [6.45, 7) is 0.520. The first-order valence-electron chi connectivity index (χ1n) is 4.96. The third-order valence-electron chi connectivity index (χ3n) is 2.50. The van der Waals surface area contributed by atoms with E-state index in [0.717, 1.165) is 18.7 Å². The summed E-state index contributed by atoms with van der Waals surface area (Å²) in [5, 5.41) is 0.